The summed E-state index contributed by atoms with van der Waals surface area (Å²) in [7, 11) is 1.34. The SMILES string of the molecule is COC(=O)CCSCC(=O)NC(=O)NC12CC3CC(CC(C3)C1)C2. The van der Waals surface area contributed by atoms with Crippen molar-refractivity contribution in [2.24, 2.45) is 17.8 Å². The fourth-order valence-corrected chi connectivity index (χ4v) is 5.83. The Kier molecular flexibility index (Phi) is 5.37. The van der Waals surface area contributed by atoms with E-state index >= 15 is 0 Å². The quantitative estimate of drug-likeness (QED) is 0.563. The molecule has 6 nitrogen and oxygen atoms in total. The van der Waals surface area contributed by atoms with Crippen molar-refractivity contribution in [2.75, 3.05) is 18.6 Å². The monoisotopic (exact) mass is 354 g/mol. The third kappa shape index (κ3) is 4.23. The van der Waals surface area contributed by atoms with E-state index in [-0.39, 0.29) is 35.6 Å². The molecule has 0 aromatic heterocycles. The van der Waals surface area contributed by atoms with Crippen LogP contribution in [0.4, 0.5) is 4.79 Å². The second-order valence-electron chi connectivity index (χ2n) is 7.58. The molecule has 2 N–H and O–H groups in total. The van der Waals surface area contributed by atoms with Crippen LogP contribution >= 0.6 is 11.8 Å². The minimum atomic E-state index is -0.365. The van der Waals surface area contributed by atoms with Gasteiger partial charge in [-0.15, -0.1) is 0 Å². The number of ether oxygens (including phenoxy) is 1. The van der Waals surface area contributed by atoms with Gasteiger partial charge in [-0.2, -0.15) is 11.8 Å². The van der Waals surface area contributed by atoms with Gasteiger partial charge in [0.25, 0.3) is 0 Å². The normalized spacial score (nSPS) is 33.1. The lowest BCUT2D eigenvalue weighted by Gasteiger charge is -2.56. The number of carbonyl (C=O) groups excluding carboxylic acids is 3. The Morgan fingerprint density at radius 1 is 1.08 bits per heavy atom. The summed E-state index contributed by atoms with van der Waals surface area (Å²) in [6.45, 7) is 0. The van der Waals surface area contributed by atoms with Gasteiger partial charge in [0.1, 0.15) is 0 Å². The lowest BCUT2D eigenvalue weighted by atomic mass is 9.53. The molecule has 4 rings (SSSR count). The Morgan fingerprint density at radius 3 is 2.21 bits per heavy atom. The van der Waals surface area contributed by atoms with Crippen LogP contribution in [0.5, 0.6) is 0 Å². The highest BCUT2D eigenvalue weighted by atomic mass is 32.2. The number of methoxy groups -OCH3 is 1. The molecule has 0 spiro atoms. The Morgan fingerprint density at radius 2 is 1.67 bits per heavy atom. The Hall–Kier alpha value is -1.24. The molecule has 0 saturated heterocycles. The predicted molar refractivity (Wildman–Crippen MR) is 91.5 cm³/mol. The van der Waals surface area contributed by atoms with Crippen LogP contribution in [0.2, 0.25) is 0 Å². The highest BCUT2D eigenvalue weighted by Gasteiger charge is 2.51. The highest BCUT2D eigenvalue weighted by molar-refractivity contribution is 7.99. The van der Waals surface area contributed by atoms with Crippen molar-refractivity contribution in [3.63, 3.8) is 0 Å². The predicted octanol–water partition coefficient (Wildman–Crippen LogP) is 2.08. The van der Waals surface area contributed by atoms with Crippen molar-refractivity contribution < 1.29 is 19.1 Å². The molecule has 7 heteroatoms. The minimum Gasteiger partial charge on any atom is -0.469 e. The van der Waals surface area contributed by atoms with Crippen LogP contribution in [0.3, 0.4) is 0 Å². The van der Waals surface area contributed by atoms with Crippen LogP contribution in [-0.4, -0.2) is 42.1 Å². The van der Waals surface area contributed by atoms with Crippen LogP contribution in [0.15, 0.2) is 0 Å². The maximum atomic E-state index is 12.2. The van der Waals surface area contributed by atoms with Crippen molar-refractivity contribution in [1.82, 2.24) is 10.6 Å². The van der Waals surface area contributed by atoms with Gasteiger partial charge >= 0.3 is 12.0 Å². The zero-order valence-corrected chi connectivity index (χ0v) is 15.0. The smallest absolute Gasteiger partial charge is 0.321 e. The summed E-state index contributed by atoms with van der Waals surface area (Å²) in [4.78, 5) is 35.0. The van der Waals surface area contributed by atoms with Crippen molar-refractivity contribution in [3.05, 3.63) is 0 Å². The van der Waals surface area contributed by atoms with Gasteiger partial charge in [-0.3, -0.25) is 14.9 Å². The van der Waals surface area contributed by atoms with Gasteiger partial charge in [-0.25, -0.2) is 4.79 Å². The molecule has 4 fully saturated rings. The largest absolute Gasteiger partial charge is 0.469 e. The fourth-order valence-electron chi connectivity index (χ4n) is 5.12. The van der Waals surface area contributed by atoms with E-state index < -0.39 is 0 Å². The van der Waals surface area contributed by atoms with Crippen molar-refractivity contribution in [1.29, 1.82) is 0 Å². The summed E-state index contributed by atoms with van der Waals surface area (Å²) in [6, 6.07) is -0.365. The number of hydrogen-bond acceptors (Lipinski definition) is 5. The lowest BCUT2D eigenvalue weighted by molar-refractivity contribution is -0.140. The molecule has 0 aromatic carbocycles. The number of rotatable bonds is 6. The molecule has 4 aliphatic carbocycles. The van der Waals surface area contributed by atoms with E-state index in [1.807, 2.05) is 0 Å². The van der Waals surface area contributed by atoms with Crippen molar-refractivity contribution in [3.8, 4) is 0 Å². The topological polar surface area (TPSA) is 84.5 Å². The summed E-state index contributed by atoms with van der Waals surface area (Å²) < 4.78 is 4.54. The number of imide groups is 1. The lowest BCUT2D eigenvalue weighted by Crippen LogP contribution is -2.61. The zero-order chi connectivity index (χ0) is 17.2. The van der Waals surface area contributed by atoms with E-state index in [4.69, 9.17) is 0 Å². The third-order valence-electron chi connectivity index (χ3n) is 5.58. The second kappa shape index (κ2) is 7.33. The standard InChI is InChI=1S/C17H26N2O4S/c1-23-15(21)2-3-24-10-14(20)18-16(22)19-17-7-11-4-12(8-17)6-13(5-11)9-17/h11-13H,2-10H2,1H3,(H2,18,19,20,22). The first kappa shape index (κ1) is 17.6. The van der Waals surface area contributed by atoms with Gasteiger partial charge < -0.3 is 10.1 Å². The summed E-state index contributed by atoms with van der Waals surface area (Å²) in [5.41, 5.74) is -0.0862. The molecule has 134 valence electrons. The van der Waals surface area contributed by atoms with E-state index in [0.29, 0.717) is 5.75 Å². The summed E-state index contributed by atoms with van der Waals surface area (Å²) in [5, 5.41) is 5.55. The number of amides is 3. The molecule has 0 atom stereocenters. The minimum absolute atomic E-state index is 0.0862. The number of thioether (sulfide) groups is 1. The molecule has 4 bridgehead atoms. The van der Waals surface area contributed by atoms with Crippen LogP contribution < -0.4 is 10.6 Å². The van der Waals surface area contributed by atoms with Gasteiger partial charge in [-0.05, 0) is 56.3 Å². The van der Waals surface area contributed by atoms with Crippen LogP contribution in [0.25, 0.3) is 0 Å². The number of nitrogens with one attached hydrogen (secondary N) is 2. The molecule has 0 aromatic rings. The Balaban J connectivity index is 1.39. The number of urea groups is 1. The van der Waals surface area contributed by atoms with Crippen molar-refractivity contribution >= 4 is 29.7 Å². The molecule has 0 radical (unpaired) electrons. The third-order valence-corrected chi connectivity index (χ3v) is 6.54. The maximum Gasteiger partial charge on any atom is 0.321 e. The average molecular weight is 354 g/mol. The first-order valence-electron chi connectivity index (χ1n) is 8.74. The molecular weight excluding hydrogens is 328 g/mol. The fraction of sp³-hybridized carbons (Fsp3) is 0.824. The van der Waals surface area contributed by atoms with E-state index in [1.165, 1.54) is 38.1 Å². The molecule has 4 aliphatic rings. The first-order chi connectivity index (χ1) is 11.5. The Bertz CT molecular complexity index is 487. The molecule has 3 amide bonds. The van der Waals surface area contributed by atoms with Crippen LogP contribution in [0.1, 0.15) is 44.9 Å². The highest BCUT2D eigenvalue weighted by Crippen LogP contribution is 2.55. The van der Waals surface area contributed by atoms with Crippen LogP contribution in [-0.2, 0) is 14.3 Å². The van der Waals surface area contributed by atoms with Crippen molar-refractivity contribution in [2.45, 2.75) is 50.5 Å². The van der Waals surface area contributed by atoms with Crippen LogP contribution in [0, 0.1) is 17.8 Å². The number of esters is 1. The molecule has 4 saturated carbocycles. The summed E-state index contributed by atoms with van der Waals surface area (Å²) >= 11 is 1.32. The van der Waals surface area contributed by atoms with Gasteiger partial charge in [-0.1, -0.05) is 0 Å². The summed E-state index contributed by atoms with van der Waals surface area (Å²) in [5.74, 6) is 2.33. The van der Waals surface area contributed by atoms with E-state index in [1.54, 1.807) is 0 Å². The zero-order valence-electron chi connectivity index (χ0n) is 14.1. The molecular formula is C17H26N2O4S. The van der Waals surface area contributed by atoms with Gasteiger partial charge in [0.15, 0.2) is 0 Å². The molecule has 0 heterocycles. The molecule has 0 unspecified atom stereocenters. The van der Waals surface area contributed by atoms with E-state index in [0.717, 1.165) is 37.0 Å². The van der Waals surface area contributed by atoms with E-state index in [2.05, 4.69) is 15.4 Å². The summed E-state index contributed by atoms with van der Waals surface area (Å²) in [6.07, 6.45) is 7.42. The number of carbonyl (C=O) groups is 3. The van der Waals surface area contributed by atoms with Gasteiger partial charge in [0.05, 0.1) is 19.3 Å². The Labute approximate surface area is 146 Å². The number of hydrogen-bond donors (Lipinski definition) is 2. The van der Waals surface area contributed by atoms with Gasteiger partial charge in [0, 0.05) is 11.3 Å². The molecule has 24 heavy (non-hydrogen) atoms. The van der Waals surface area contributed by atoms with Gasteiger partial charge in [0.2, 0.25) is 5.91 Å². The maximum absolute atomic E-state index is 12.2. The average Bonchev–Trinajstić information content (AvgIpc) is 2.49. The second-order valence-corrected chi connectivity index (χ2v) is 8.68. The first-order valence-corrected chi connectivity index (χ1v) is 9.90. The molecule has 0 aliphatic heterocycles. The van der Waals surface area contributed by atoms with E-state index in [9.17, 15) is 14.4 Å².